The summed E-state index contributed by atoms with van der Waals surface area (Å²) in [7, 11) is -3.25. The highest BCUT2D eigenvalue weighted by Gasteiger charge is 2.10. The zero-order valence-electron chi connectivity index (χ0n) is 11.3. The van der Waals surface area contributed by atoms with Crippen LogP contribution in [0, 0.1) is 0 Å². The van der Waals surface area contributed by atoms with E-state index in [9.17, 15) is 8.42 Å². The van der Waals surface area contributed by atoms with Gasteiger partial charge in [0.1, 0.15) is 0 Å². The molecule has 1 aromatic rings. The molecule has 0 unspecified atom stereocenters. The van der Waals surface area contributed by atoms with Crippen LogP contribution in [0.2, 0.25) is 0 Å². The van der Waals surface area contributed by atoms with Crippen molar-refractivity contribution in [2.75, 3.05) is 24.3 Å². The predicted molar refractivity (Wildman–Crippen MR) is 83.7 cm³/mol. The van der Waals surface area contributed by atoms with Crippen molar-refractivity contribution in [3.63, 3.8) is 0 Å². The van der Waals surface area contributed by atoms with Crippen molar-refractivity contribution in [1.29, 1.82) is 0 Å². The van der Waals surface area contributed by atoms with Crippen LogP contribution in [-0.4, -0.2) is 27.0 Å². The number of rotatable bonds is 9. The van der Waals surface area contributed by atoms with Crippen LogP contribution < -0.4 is 10.5 Å². The number of unbranched alkanes of at least 4 members (excludes halogenated alkanes) is 2. The second kappa shape index (κ2) is 8.45. The molecule has 6 heteroatoms. The Morgan fingerprint density at radius 3 is 2.74 bits per heavy atom. The molecule has 0 atom stereocenters. The number of hydrogen-bond acceptors (Lipinski definition) is 4. The molecule has 19 heavy (non-hydrogen) atoms. The summed E-state index contributed by atoms with van der Waals surface area (Å²) in [6, 6.07) is 6.98. The molecule has 0 bridgehead atoms. The molecule has 0 saturated heterocycles. The molecular formula is C13H22N2O2S2. The lowest BCUT2D eigenvalue weighted by Crippen LogP contribution is -2.26. The van der Waals surface area contributed by atoms with Crippen molar-refractivity contribution >= 4 is 27.5 Å². The summed E-state index contributed by atoms with van der Waals surface area (Å²) < 4.78 is 26.3. The molecule has 0 spiro atoms. The van der Waals surface area contributed by atoms with Crippen LogP contribution in [0.3, 0.4) is 0 Å². The lowest BCUT2D eigenvalue weighted by Gasteiger charge is -2.07. The van der Waals surface area contributed by atoms with E-state index in [2.05, 4.69) is 11.0 Å². The fourth-order valence-corrected chi connectivity index (χ4v) is 3.40. The first-order valence-electron chi connectivity index (χ1n) is 6.34. The molecule has 0 amide bonds. The highest BCUT2D eigenvalue weighted by atomic mass is 32.2. The second-order valence-corrected chi connectivity index (χ2v) is 7.24. The number of anilines is 1. The van der Waals surface area contributed by atoms with Gasteiger partial charge in [0.2, 0.25) is 10.0 Å². The van der Waals surface area contributed by atoms with Crippen LogP contribution in [0.25, 0.3) is 0 Å². The standard InChI is InChI=1S/C13H22N2O2S2/c1-18-9-4-2-3-8-15-19(16,17)11-12-6-5-7-13(14)10-12/h5-7,10,15H,2-4,8-9,11,14H2,1H3. The van der Waals surface area contributed by atoms with E-state index in [0.29, 0.717) is 12.2 Å². The van der Waals surface area contributed by atoms with E-state index >= 15 is 0 Å². The summed E-state index contributed by atoms with van der Waals surface area (Å²) in [6.45, 7) is 0.513. The maximum atomic E-state index is 11.8. The predicted octanol–water partition coefficient (Wildman–Crippen LogP) is 2.22. The Bertz CT molecular complexity index is 475. The van der Waals surface area contributed by atoms with Gasteiger partial charge in [0, 0.05) is 12.2 Å². The third kappa shape index (κ3) is 7.44. The first-order chi connectivity index (χ1) is 9.03. The minimum absolute atomic E-state index is 0.0111. The lowest BCUT2D eigenvalue weighted by molar-refractivity contribution is 0.575. The van der Waals surface area contributed by atoms with Crippen molar-refractivity contribution in [2.45, 2.75) is 25.0 Å². The summed E-state index contributed by atoms with van der Waals surface area (Å²) in [4.78, 5) is 0. The average molecular weight is 302 g/mol. The summed E-state index contributed by atoms with van der Waals surface area (Å²) in [6.07, 6.45) is 5.16. The number of nitrogens with one attached hydrogen (secondary N) is 1. The normalized spacial score (nSPS) is 11.6. The Morgan fingerprint density at radius 2 is 2.05 bits per heavy atom. The molecule has 0 aliphatic carbocycles. The molecule has 0 aliphatic heterocycles. The molecule has 0 fully saturated rings. The molecule has 1 aromatic carbocycles. The molecule has 4 nitrogen and oxygen atoms in total. The number of nitrogens with two attached hydrogens (primary N) is 1. The largest absolute Gasteiger partial charge is 0.399 e. The number of hydrogen-bond donors (Lipinski definition) is 2. The maximum absolute atomic E-state index is 11.8. The molecule has 3 N–H and O–H groups in total. The topological polar surface area (TPSA) is 72.2 Å². The van der Waals surface area contributed by atoms with Crippen LogP contribution in [0.1, 0.15) is 24.8 Å². The Hall–Kier alpha value is -0.720. The Labute approximate surface area is 120 Å². The Morgan fingerprint density at radius 1 is 1.26 bits per heavy atom. The Kier molecular flexibility index (Phi) is 7.27. The average Bonchev–Trinajstić information content (AvgIpc) is 2.33. The summed E-state index contributed by atoms with van der Waals surface area (Å²) in [5, 5.41) is 0. The molecule has 0 aliphatic rings. The molecular weight excluding hydrogens is 280 g/mol. The highest BCUT2D eigenvalue weighted by Crippen LogP contribution is 2.10. The van der Waals surface area contributed by atoms with Gasteiger partial charge in [0.15, 0.2) is 0 Å². The van der Waals surface area contributed by atoms with Gasteiger partial charge in [-0.25, -0.2) is 13.1 Å². The van der Waals surface area contributed by atoms with E-state index in [1.165, 1.54) is 0 Å². The molecule has 0 saturated carbocycles. The van der Waals surface area contributed by atoms with Gasteiger partial charge in [0.05, 0.1) is 5.75 Å². The quantitative estimate of drug-likeness (QED) is 0.542. The van der Waals surface area contributed by atoms with Crippen LogP contribution in [-0.2, 0) is 15.8 Å². The summed E-state index contributed by atoms with van der Waals surface area (Å²) in [5.41, 5.74) is 6.93. The van der Waals surface area contributed by atoms with Gasteiger partial charge in [-0.05, 0) is 42.5 Å². The van der Waals surface area contributed by atoms with Crippen molar-refractivity contribution in [3.8, 4) is 0 Å². The highest BCUT2D eigenvalue weighted by molar-refractivity contribution is 7.98. The number of thioether (sulfide) groups is 1. The van der Waals surface area contributed by atoms with Crippen molar-refractivity contribution < 1.29 is 8.42 Å². The lowest BCUT2D eigenvalue weighted by atomic mass is 10.2. The van der Waals surface area contributed by atoms with Gasteiger partial charge in [-0.15, -0.1) is 0 Å². The third-order valence-corrected chi connectivity index (χ3v) is 4.71. The molecule has 1 rings (SSSR count). The Balaban J connectivity index is 2.32. The van der Waals surface area contributed by atoms with Gasteiger partial charge in [-0.3, -0.25) is 0 Å². The van der Waals surface area contributed by atoms with E-state index in [0.717, 1.165) is 30.6 Å². The number of nitrogen functional groups attached to an aromatic ring is 1. The molecule has 108 valence electrons. The van der Waals surface area contributed by atoms with E-state index in [4.69, 9.17) is 5.73 Å². The zero-order valence-corrected chi connectivity index (χ0v) is 12.9. The fraction of sp³-hybridized carbons (Fsp3) is 0.538. The smallest absolute Gasteiger partial charge is 0.215 e. The molecule has 0 aromatic heterocycles. The maximum Gasteiger partial charge on any atom is 0.215 e. The van der Waals surface area contributed by atoms with Gasteiger partial charge < -0.3 is 5.73 Å². The van der Waals surface area contributed by atoms with Crippen LogP contribution >= 0.6 is 11.8 Å². The van der Waals surface area contributed by atoms with E-state index in [1.54, 1.807) is 24.3 Å². The minimum atomic E-state index is -3.25. The first kappa shape index (κ1) is 16.3. The van der Waals surface area contributed by atoms with Crippen molar-refractivity contribution in [2.24, 2.45) is 0 Å². The van der Waals surface area contributed by atoms with Gasteiger partial charge in [0.25, 0.3) is 0 Å². The van der Waals surface area contributed by atoms with Crippen LogP contribution in [0.15, 0.2) is 24.3 Å². The third-order valence-electron chi connectivity index (χ3n) is 2.65. The van der Waals surface area contributed by atoms with Gasteiger partial charge in [-0.1, -0.05) is 18.6 Å². The van der Waals surface area contributed by atoms with Crippen molar-refractivity contribution in [1.82, 2.24) is 4.72 Å². The van der Waals surface area contributed by atoms with E-state index < -0.39 is 10.0 Å². The van der Waals surface area contributed by atoms with Gasteiger partial charge in [-0.2, -0.15) is 11.8 Å². The number of benzene rings is 1. The number of sulfonamides is 1. The minimum Gasteiger partial charge on any atom is -0.399 e. The zero-order chi connectivity index (χ0) is 14.1. The van der Waals surface area contributed by atoms with Crippen LogP contribution in [0.4, 0.5) is 5.69 Å². The van der Waals surface area contributed by atoms with Gasteiger partial charge >= 0.3 is 0 Å². The fourth-order valence-electron chi connectivity index (χ4n) is 1.73. The summed E-state index contributed by atoms with van der Waals surface area (Å²) >= 11 is 1.82. The van der Waals surface area contributed by atoms with E-state index in [-0.39, 0.29) is 5.75 Å². The van der Waals surface area contributed by atoms with E-state index in [1.807, 2.05) is 11.8 Å². The first-order valence-corrected chi connectivity index (χ1v) is 9.39. The molecule has 0 radical (unpaired) electrons. The molecule has 0 heterocycles. The SMILES string of the molecule is CSCCCCCNS(=O)(=O)Cc1cccc(N)c1. The van der Waals surface area contributed by atoms with Crippen LogP contribution in [0.5, 0.6) is 0 Å². The van der Waals surface area contributed by atoms with Crippen molar-refractivity contribution in [3.05, 3.63) is 29.8 Å². The summed E-state index contributed by atoms with van der Waals surface area (Å²) in [5.74, 6) is 1.12. The monoisotopic (exact) mass is 302 g/mol. The second-order valence-electron chi connectivity index (χ2n) is 4.45.